The maximum atomic E-state index is 11.2. The van der Waals surface area contributed by atoms with E-state index in [-0.39, 0.29) is 11.7 Å². The number of rotatable bonds is 4. The van der Waals surface area contributed by atoms with Gasteiger partial charge in [0.1, 0.15) is 17.4 Å². The second-order valence-corrected chi connectivity index (χ2v) is 3.90. The molecule has 0 bridgehead atoms. The largest absolute Gasteiger partial charge is 0.491 e. The van der Waals surface area contributed by atoms with Crippen LogP contribution in [0.15, 0.2) is 29.8 Å². The fourth-order valence-corrected chi connectivity index (χ4v) is 1.33. The van der Waals surface area contributed by atoms with E-state index < -0.39 is 5.97 Å². The molecule has 0 radical (unpaired) electrons. The number of nitrogens with zero attached hydrogens (tertiary/aromatic N) is 1. The average molecular weight is 245 g/mol. The molecule has 1 aromatic rings. The minimum absolute atomic E-state index is 0.0324. The molecular weight excluding hydrogens is 230 g/mol. The Morgan fingerprint density at radius 1 is 1.33 bits per heavy atom. The summed E-state index contributed by atoms with van der Waals surface area (Å²) in [5.41, 5.74) is 0.711. The van der Waals surface area contributed by atoms with Crippen LogP contribution in [0, 0.1) is 11.3 Å². The van der Waals surface area contributed by atoms with Crippen molar-refractivity contribution in [3.63, 3.8) is 0 Å². The highest BCUT2D eigenvalue weighted by atomic mass is 16.5. The van der Waals surface area contributed by atoms with Crippen molar-refractivity contribution in [2.24, 2.45) is 0 Å². The topological polar surface area (TPSA) is 59.3 Å². The number of nitriles is 1. The molecule has 4 heteroatoms. The highest BCUT2D eigenvalue weighted by Gasteiger charge is 2.08. The summed E-state index contributed by atoms with van der Waals surface area (Å²) in [4.78, 5) is 11.2. The molecule has 0 saturated carbocycles. The lowest BCUT2D eigenvalue weighted by Crippen LogP contribution is -2.05. The summed E-state index contributed by atoms with van der Waals surface area (Å²) in [5.74, 6) is 0.110. The van der Waals surface area contributed by atoms with Gasteiger partial charge in [0, 0.05) is 0 Å². The quantitative estimate of drug-likeness (QED) is 0.464. The van der Waals surface area contributed by atoms with Gasteiger partial charge in [-0.1, -0.05) is 12.1 Å². The van der Waals surface area contributed by atoms with Crippen molar-refractivity contribution in [3.8, 4) is 11.8 Å². The molecule has 0 aromatic heterocycles. The molecule has 0 N–H and O–H groups in total. The summed E-state index contributed by atoms with van der Waals surface area (Å²) in [6.45, 7) is 3.89. The third-order valence-electron chi connectivity index (χ3n) is 2.09. The summed E-state index contributed by atoms with van der Waals surface area (Å²) in [7, 11) is 1.24. The molecule has 94 valence electrons. The van der Waals surface area contributed by atoms with Gasteiger partial charge in [0.2, 0.25) is 0 Å². The van der Waals surface area contributed by atoms with Crippen LogP contribution in [0.25, 0.3) is 6.08 Å². The van der Waals surface area contributed by atoms with Gasteiger partial charge in [-0.2, -0.15) is 5.26 Å². The number of hydrogen-bond acceptors (Lipinski definition) is 4. The predicted molar refractivity (Wildman–Crippen MR) is 67.8 cm³/mol. The van der Waals surface area contributed by atoms with Crippen molar-refractivity contribution < 1.29 is 14.3 Å². The monoisotopic (exact) mass is 245 g/mol. The van der Waals surface area contributed by atoms with Gasteiger partial charge in [-0.3, -0.25) is 0 Å². The first-order valence-electron chi connectivity index (χ1n) is 5.53. The van der Waals surface area contributed by atoms with Gasteiger partial charge >= 0.3 is 5.97 Å². The number of hydrogen-bond donors (Lipinski definition) is 0. The van der Waals surface area contributed by atoms with E-state index in [1.807, 2.05) is 13.8 Å². The van der Waals surface area contributed by atoms with E-state index in [4.69, 9.17) is 10.00 Å². The highest BCUT2D eigenvalue weighted by molar-refractivity contribution is 5.97. The molecule has 0 aliphatic carbocycles. The van der Waals surface area contributed by atoms with Gasteiger partial charge in [-0.15, -0.1) is 0 Å². The first kappa shape index (κ1) is 13.8. The van der Waals surface area contributed by atoms with Crippen LogP contribution in [0.3, 0.4) is 0 Å². The van der Waals surface area contributed by atoms with Crippen LogP contribution >= 0.6 is 0 Å². The molecular formula is C14H15NO3. The predicted octanol–water partition coefficient (Wildman–Crippen LogP) is 2.55. The number of esters is 1. The third kappa shape index (κ3) is 3.95. The number of carbonyl (C=O) groups is 1. The molecule has 0 amide bonds. The van der Waals surface area contributed by atoms with Crippen LogP contribution in [-0.2, 0) is 9.53 Å². The molecule has 0 spiro atoms. The maximum Gasteiger partial charge on any atom is 0.348 e. The zero-order valence-electron chi connectivity index (χ0n) is 10.6. The Morgan fingerprint density at radius 3 is 2.39 bits per heavy atom. The standard InChI is InChI=1S/C14H15NO3/c1-10(2)18-13-6-4-11(5-7-13)8-12(9-15)14(16)17-3/h4-8,10H,1-3H3. The van der Waals surface area contributed by atoms with E-state index in [2.05, 4.69) is 4.74 Å². The number of methoxy groups -OCH3 is 1. The van der Waals surface area contributed by atoms with Gasteiger partial charge in [-0.05, 0) is 37.6 Å². The first-order valence-corrected chi connectivity index (χ1v) is 5.53. The van der Waals surface area contributed by atoms with Crippen LogP contribution in [0.2, 0.25) is 0 Å². The Hall–Kier alpha value is -2.28. The van der Waals surface area contributed by atoms with Crippen LogP contribution in [0.1, 0.15) is 19.4 Å². The molecule has 0 aliphatic rings. The minimum atomic E-state index is -0.639. The Labute approximate surface area is 106 Å². The second kappa shape index (κ2) is 6.45. The van der Waals surface area contributed by atoms with Gasteiger partial charge in [0.25, 0.3) is 0 Å². The van der Waals surface area contributed by atoms with Crippen molar-refractivity contribution in [2.75, 3.05) is 7.11 Å². The zero-order valence-corrected chi connectivity index (χ0v) is 10.6. The fourth-order valence-electron chi connectivity index (χ4n) is 1.33. The third-order valence-corrected chi connectivity index (χ3v) is 2.09. The van der Waals surface area contributed by atoms with Crippen molar-refractivity contribution in [1.82, 2.24) is 0 Å². The Morgan fingerprint density at radius 2 is 1.94 bits per heavy atom. The maximum absolute atomic E-state index is 11.2. The first-order chi connectivity index (χ1) is 8.56. The van der Waals surface area contributed by atoms with Gasteiger partial charge in [0.15, 0.2) is 0 Å². The molecule has 1 aromatic carbocycles. The van der Waals surface area contributed by atoms with Crippen molar-refractivity contribution in [3.05, 3.63) is 35.4 Å². The molecule has 1 rings (SSSR count). The van der Waals surface area contributed by atoms with E-state index in [0.29, 0.717) is 0 Å². The van der Waals surface area contributed by atoms with Gasteiger partial charge in [0.05, 0.1) is 13.2 Å². The molecule has 0 atom stereocenters. The molecule has 0 heterocycles. The molecule has 0 unspecified atom stereocenters. The Bertz CT molecular complexity index is 481. The number of benzene rings is 1. The molecule has 18 heavy (non-hydrogen) atoms. The molecule has 0 fully saturated rings. The van der Waals surface area contributed by atoms with Crippen LogP contribution < -0.4 is 4.74 Å². The zero-order chi connectivity index (χ0) is 13.5. The molecule has 0 saturated heterocycles. The van der Waals surface area contributed by atoms with E-state index in [1.54, 1.807) is 30.3 Å². The lowest BCUT2D eigenvalue weighted by molar-refractivity contribution is -0.135. The SMILES string of the molecule is COC(=O)C(C#N)=Cc1ccc(OC(C)C)cc1. The lowest BCUT2D eigenvalue weighted by Gasteiger charge is -2.09. The summed E-state index contributed by atoms with van der Waals surface area (Å²) in [6, 6.07) is 8.93. The van der Waals surface area contributed by atoms with Crippen LogP contribution in [-0.4, -0.2) is 19.2 Å². The highest BCUT2D eigenvalue weighted by Crippen LogP contribution is 2.16. The minimum Gasteiger partial charge on any atom is -0.491 e. The summed E-state index contributed by atoms with van der Waals surface area (Å²) >= 11 is 0. The molecule has 0 aliphatic heterocycles. The van der Waals surface area contributed by atoms with E-state index >= 15 is 0 Å². The van der Waals surface area contributed by atoms with Gasteiger partial charge < -0.3 is 9.47 Å². The summed E-state index contributed by atoms with van der Waals surface area (Å²) in [6.07, 6.45) is 1.58. The summed E-state index contributed by atoms with van der Waals surface area (Å²) < 4.78 is 9.99. The van der Waals surface area contributed by atoms with Gasteiger partial charge in [-0.25, -0.2) is 4.79 Å². The smallest absolute Gasteiger partial charge is 0.348 e. The number of carbonyl (C=O) groups excluding carboxylic acids is 1. The fraction of sp³-hybridized carbons (Fsp3) is 0.286. The van der Waals surface area contributed by atoms with Crippen LogP contribution in [0.5, 0.6) is 5.75 Å². The second-order valence-electron chi connectivity index (χ2n) is 3.90. The average Bonchev–Trinajstić information content (AvgIpc) is 2.36. The Balaban J connectivity index is 2.89. The van der Waals surface area contributed by atoms with Crippen molar-refractivity contribution in [2.45, 2.75) is 20.0 Å². The Kier molecular flexibility index (Phi) is 4.94. The van der Waals surface area contributed by atoms with Crippen molar-refractivity contribution >= 4 is 12.0 Å². The normalized spacial score (nSPS) is 10.9. The van der Waals surface area contributed by atoms with E-state index in [0.717, 1.165) is 11.3 Å². The van der Waals surface area contributed by atoms with Crippen LogP contribution in [0.4, 0.5) is 0 Å². The lowest BCUT2D eigenvalue weighted by atomic mass is 10.1. The van der Waals surface area contributed by atoms with E-state index in [9.17, 15) is 4.79 Å². The van der Waals surface area contributed by atoms with Crippen molar-refractivity contribution in [1.29, 1.82) is 5.26 Å². The summed E-state index contributed by atoms with van der Waals surface area (Å²) in [5, 5.41) is 8.82. The van der Waals surface area contributed by atoms with E-state index in [1.165, 1.54) is 13.2 Å². The molecule has 4 nitrogen and oxygen atoms in total. The number of ether oxygens (including phenoxy) is 2.